The van der Waals surface area contributed by atoms with Gasteiger partial charge in [0.25, 0.3) is 5.91 Å². The van der Waals surface area contributed by atoms with Crippen molar-refractivity contribution in [1.29, 1.82) is 0 Å². The van der Waals surface area contributed by atoms with Gasteiger partial charge in [-0.2, -0.15) is 5.10 Å². The minimum Gasteiger partial charge on any atom is -0.338 e. The van der Waals surface area contributed by atoms with E-state index in [1.807, 2.05) is 53.2 Å². The molecule has 1 fully saturated rings. The maximum absolute atomic E-state index is 12.6. The molecule has 1 aliphatic heterocycles. The van der Waals surface area contributed by atoms with Crippen molar-refractivity contribution >= 4 is 18.3 Å². The summed E-state index contributed by atoms with van der Waals surface area (Å²) >= 11 is 0. The maximum atomic E-state index is 12.6. The fourth-order valence-electron chi connectivity index (χ4n) is 2.86. The summed E-state index contributed by atoms with van der Waals surface area (Å²) in [5, 5.41) is 4.28. The second-order valence-electron chi connectivity index (χ2n) is 6.50. The van der Waals surface area contributed by atoms with Crippen LogP contribution in [0.15, 0.2) is 36.7 Å². The third-order valence-electron chi connectivity index (χ3n) is 4.43. The lowest BCUT2D eigenvalue weighted by Gasteiger charge is -2.22. The maximum Gasteiger partial charge on any atom is 0.253 e. The molecule has 2 aromatic rings. The molecule has 0 radical (unpaired) electrons. The third kappa shape index (κ3) is 3.57. The van der Waals surface area contributed by atoms with Crippen LogP contribution >= 0.6 is 12.4 Å². The van der Waals surface area contributed by atoms with Crippen molar-refractivity contribution < 1.29 is 4.79 Å². The molecule has 1 aromatic heterocycles. The van der Waals surface area contributed by atoms with Crippen molar-refractivity contribution in [3.8, 4) is 5.69 Å². The van der Waals surface area contributed by atoms with Crippen molar-refractivity contribution in [2.75, 3.05) is 19.6 Å². The minimum atomic E-state index is 0. The predicted octanol–water partition coefficient (Wildman–Crippen LogP) is 2.41. The summed E-state index contributed by atoms with van der Waals surface area (Å²) in [4.78, 5) is 14.5. The second-order valence-corrected chi connectivity index (χ2v) is 6.50. The van der Waals surface area contributed by atoms with Crippen molar-refractivity contribution in [3.63, 3.8) is 0 Å². The van der Waals surface area contributed by atoms with E-state index in [9.17, 15) is 4.79 Å². The number of hydrogen-bond acceptors (Lipinski definition) is 3. The van der Waals surface area contributed by atoms with E-state index in [0.717, 1.165) is 30.8 Å². The quantitative estimate of drug-likeness (QED) is 0.937. The molecule has 5 nitrogen and oxygen atoms in total. The lowest BCUT2D eigenvalue weighted by molar-refractivity contribution is 0.0777. The molecule has 3 rings (SSSR count). The summed E-state index contributed by atoms with van der Waals surface area (Å²) in [5.41, 5.74) is 8.65. The second kappa shape index (κ2) is 6.72. The number of carbonyl (C=O) groups excluding carboxylic acids is 1. The molecule has 124 valence electrons. The largest absolute Gasteiger partial charge is 0.338 e. The first-order valence-corrected chi connectivity index (χ1v) is 7.62. The van der Waals surface area contributed by atoms with Crippen molar-refractivity contribution in [2.24, 2.45) is 11.1 Å². The van der Waals surface area contributed by atoms with Gasteiger partial charge in [0.1, 0.15) is 0 Å². The van der Waals surface area contributed by atoms with E-state index in [-0.39, 0.29) is 23.7 Å². The molecular weight excluding hydrogens is 312 g/mol. The van der Waals surface area contributed by atoms with E-state index in [1.54, 1.807) is 0 Å². The van der Waals surface area contributed by atoms with Gasteiger partial charge in [-0.25, -0.2) is 4.68 Å². The number of aryl methyl sites for hydroxylation is 1. The summed E-state index contributed by atoms with van der Waals surface area (Å²) < 4.78 is 1.81. The number of amides is 1. The zero-order valence-corrected chi connectivity index (χ0v) is 14.3. The fraction of sp³-hybridized carbons (Fsp3) is 0.412. The SMILES string of the molecule is Cc1cnn(-c2ccc(C(=O)N3CCC(C)(CN)C3)cc2)c1.Cl. The Morgan fingerprint density at radius 2 is 2.04 bits per heavy atom. The highest BCUT2D eigenvalue weighted by Crippen LogP contribution is 2.29. The number of halogens is 1. The Balaban J connectivity index is 0.00000192. The Kier molecular flexibility index (Phi) is 5.12. The summed E-state index contributed by atoms with van der Waals surface area (Å²) in [6.45, 7) is 6.29. The molecule has 2 heterocycles. The number of nitrogens with two attached hydrogens (primary N) is 1. The number of benzene rings is 1. The third-order valence-corrected chi connectivity index (χ3v) is 4.43. The van der Waals surface area contributed by atoms with E-state index in [2.05, 4.69) is 12.0 Å². The molecule has 2 N–H and O–H groups in total. The lowest BCUT2D eigenvalue weighted by atomic mass is 9.90. The highest BCUT2D eigenvalue weighted by Gasteiger charge is 2.35. The molecule has 1 aliphatic rings. The summed E-state index contributed by atoms with van der Waals surface area (Å²) in [6, 6.07) is 7.59. The Labute approximate surface area is 142 Å². The van der Waals surface area contributed by atoms with Gasteiger partial charge in [0, 0.05) is 24.8 Å². The number of nitrogens with zero attached hydrogens (tertiary/aromatic N) is 3. The topological polar surface area (TPSA) is 64.2 Å². The zero-order chi connectivity index (χ0) is 15.7. The van der Waals surface area contributed by atoms with Gasteiger partial charge >= 0.3 is 0 Å². The van der Waals surface area contributed by atoms with Crippen LogP contribution in [0.5, 0.6) is 0 Å². The molecule has 0 saturated carbocycles. The van der Waals surface area contributed by atoms with E-state index in [4.69, 9.17) is 5.73 Å². The van der Waals surface area contributed by atoms with Crippen LogP contribution in [0.4, 0.5) is 0 Å². The molecule has 0 spiro atoms. The fourth-order valence-corrected chi connectivity index (χ4v) is 2.86. The van der Waals surface area contributed by atoms with Crippen LogP contribution in [0.2, 0.25) is 0 Å². The van der Waals surface area contributed by atoms with Crippen molar-refractivity contribution in [2.45, 2.75) is 20.3 Å². The normalized spacial score (nSPS) is 20.4. The highest BCUT2D eigenvalue weighted by molar-refractivity contribution is 5.94. The first kappa shape index (κ1) is 17.5. The Morgan fingerprint density at radius 1 is 1.35 bits per heavy atom. The molecule has 1 aromatic carbocycles. The van der Waals surface area contributed by atoms with E-state index >= 15 is 0 Å². The van der Waals surface area contributed by atoms with E-state index in [0.29, 0.717) is 12.1 Å². The molecule has 0 aliphatic carbocycles. The summed E-state index contributed by atoms with van der Waals surface area (Å²) in [5.74, 6) is 0.0837. The molecule has 1 atom stereocenters. The molecular formula is C17H23ClN4O. The van der Waals surface area contributed by atoms with Crippen LogP contribution in [-0.2, 0) is 0 Å². The summed E-state index contributed by atoms with van der Waals surface area (Å²) in [6.07, 6.45) is 4.75. The minimum absolute atomic E-state index is 0. The highest BCUT2D eigenvalue weighted by atomic mass is 35.5. The van der Waals surface area contributed by atoms with Crippen LogP contribution in [0, 0.1) is 12.3 Å². The van der Waals surface area contributed by atoms with Gasteiger partial charge in [-0.15, -0.1) is 12.4 Å². The zero-order valence-electron chi connectivity index (χ0n) is 13.5. The van der Waals surface area contributed by atoms with Gasteiger partial charge in [0.2, 0.25) is 0 Å². The molecule has 1 unspecified atom stereocenters. The number of rotatable bonds is 3. The Bertz CT molecular complexity index is 682. The monoisotopic (exact) mass is 334 g/mol. The van der Waals surface area contributed by atoms with Crippen LogP contribution in [0.25, 0.3) is 5.69 Å². The molecule has 0 bridgehead atoms. The van der Waals surface area contributed by atoms with Crippen LogP contribution < -0.4 is 5.73 Å². The van der Waals surface area contributed by atoms with Gasteiger partial charge in [0.05, 0.1) is 11.9 Å². The average molecular weight is 335 g/mol. The molecule has 1 saturated heterocycles. The van der Waals surface area contributed by atoms with Gasteiger partial charge < -0.3 is 10.6 Å². The number of carbonyl (C=O) groups is 1. The van der Waals surface area contributed by atoms with Gasteiger partial charge in [0.15, 0.2) is 0 Å². The number of hydrogen-bond donors (Lipinski definition) is 1. The summed E-state index contributed by atoms with van der Waals surface area (Å²) in [7, 11) is 0. The van der Waals surface area contributed by atoms with Crippen LogP contribution in [-0.4, -0.2) is 40.2 Å². The van der Waals surface area contributed by atoms with E-state index < -0.39 is 0 Å². The van der Waals surface area contributed by atoms with Crippen LogP contribution in [0.1, 0.15) is 29.3 Å². The number of aromatic nitrogens is 2. The smallest absolute Gasteiger partial charge is 0.253 e. The Hall–Kier alpha value is -1.85. The van der Waals surface area contributed by atoms with Gasteiger partial charge in [-0.05, 0) is 55.1 Å². The Morgan fingerprint density at radius 3 is 2.57 bits per heavy atom. The first-order valence-electron chi connectivity index (χ1n) is 7.62. The van der Waals surface area contributed by atoms with Gasteiger partial charge in [-0.3, -0.25) is 4.79 Å². The van der Waals surface area contributed by atoms with Crippen LogP contribution in [0.3, 0.4) is 0 Å². The van der Waals surface area contributed by atoms with Crippen molar-refractivity contribution in [1.82, 2.24) is 14.7 Å². The lowest BCUT2D eigenvalue weighted by Crippen LogP contribution is -2.34. The van der Waals surface area contributed by atoms with Crippen molar-refractivity contribution in [3.05, 3.63) is 47.8 Å². The molecule has 6 heteroatoms. The standard InChI is InChI=1S/C17H22N4O.ClH/c1-13-9-19-21(10-13)15-5-3-14(4-6-15)16(22)20-8-7-17(2,11-18)12-20;/h3-6,9-10H,7-8,11-12,18H2,1-2H3;1H. The first-order chi connectivity index (χ1) is 10.5. The molecule has 23 heavy (non-hydrogen) atoms. The van der Waals surface area contributed by atoms with E-state index in [1.165, 1.54) is 0 Å². The molecule has 1 amide bonds. The predicted molar refractivity (Wildman–Crippen MR) is 93.2 cm³/mol. The van der Waals surface area contributed by atoms with Gasteiger partial charge in [-0.1, -0.05) is 6.92 Å². The average Bonchev–Trinajstić information content (AvgIpc) is 3.14. The number of likely N-dealkylation sites (tertiary alicyclic amines) is 1.